The van der Waals surface area contributed by atoms with E-state index in [1.54, 1.807) is 30.5 Å². The molecule has 7 heteroatoms. The van der Waals surface area contributed by atoms with E-state index in [1.165, 1.54) is 11.8 Å². The molecule has 0 bridgehead atoms. The summed E-state index contributed by atoms with van der Waals surface area (Å²) < 4.78 is 0. The molecule has 0 spiro atoms. The molecule has 4 nitrogen and oxygen atoms in total. The van der Waals surface area contributed by atoms with Gasteiger partial charge >= 0.3 is 5.97 Å². The highest BCUT2D eigenvalue weighted by Gasteiger charge is 2.18. The maximum absolute atomic E-state index is 12.1. The van der Waals surface area contributed by atoms with Crippen LogP contribution in [0.1, 0.15) is 16.6 Å². The zero-order valence-electron chi connectivity index (χ0n) is 11.0. The molecule has 1 heterocycles. The van der Waals surface area contributed by atoms with Crippen molar-refractivity contribution < 1.29 is 14.7 Å². The van der Waals surface area contributed by atoms with Crippen LogP contribution in [0.25, 0.3) is 0 Å². The average molecular weight is 342 g/mol. The minimum atomic E-state index is -1.04. The number of thiophene rings is 1. The molecule has 0 aliphatic rings. The molecule has 0 fully saturated rings. The summed E-state index contributed by atoms with van der Waals surface area (Å²) in [6.45, 7) is 1.77. The SMILES string of the molecule is CC(Sc1ccc(Cl)cc1)C(=O)Nc1ccsc1C(=O)O. The average Bonchev–Trinajstić information content (AvgIpc) is 2.89. The highest BCUT2D eigenvalue weighted by Crippen LogP contribution is 2.27. The lowest BCUT2D eigenvalue weighted by Crippen LogP contribution is -2.23. The normalized spacial score (nSPS) is 11.9. The number of carbonyl (C=O) groups excluding carboxylic acids is 1. The summed E-state index contributed by atoms with van der Waals surface area (Å²) in [5, 5.41) is 13.6. The van der Waals surface area contributed by atoms with Crippen molar-refractivity contribution in [3.63, 3.8) is 0 Å². The molecule has 1 aromatic carbocycles. The van der Waals surface area contributed by atoms with E-state index < -0.39 is 5.97 Å². The lowest BCUT2D eigenvalue weighted by molar-refractivity contribution is -0.115. The Kier molecular flexibility index (Phi) is 5.27. The summed E-state index contributed by atoms with van der Waals surface area (Å²) in [6, 6.07) is 8.78. The number of hydrogen-bond donors (Lipinski definition) is 2. The van der Waals surface area contributed by atoms with Crippen LogP contribution in [-0.4, -0.2) is 22.2 Å². The number of halogens is 1. The number of carboxylic acid groups (broad SMARTS) is 1. The Labute approximate surface area is 135 Å². The molecule has 1 aromatic heterocycles. The molecule has 110 valence electrons. The second-order valence-corrected chi connectivity index (χ2v) is 6.94. The molecule has 0 saturated heterocycles. The van der Waals surface area contributed by atoms with Gasteiger partial charge in [0.2, 0.25) is 5.91 Å². The maximum Gasteiger partial charge on any atom is 0.348 e. The lowest BCUT2D eigenvalue weighted by atomic mass is 10.3. The number of hydrogen-bond acceptors (Lipinski definition) is 4. The second kappa shape index (κ2) is 6.98. The number of thioether (sulfide) groups is 1. The van der Waals surface area contributed by atoms with Crippen molar-refractivity contribution in [2.75, 3.05) is 5.32 Å². The fourth-order valence-electron chi connectivity index (χ4n) is 1.58. The van der Waals surface area contributed by atoms with Gasteiger partial charge in [-0.2, -0.15) is 0 Å². The molecule has 2 rings (SSSR count). The third kappa shape index (κ3) is 4.23. The van der Waals surface area contributed by atoms with Gasteiger partial charge in [0.1, 0.15) is 4.88 Å². The van der Waals surface area contributed by atoms with Crippen LogP contribution in [0.2, 0.25) is 5.02 Å². The van der Waals surface area contributed by atoms with Crippen molar-refractivity contribution in [2.45, 2.75) is 17.1 Å². The summed E-state index contributed by atoms with van der Waals surface area (Å²) in [6.07, 6.45) is 0. The summed E-state index contributed by atoms with van der Waals surface area (Å²) in [5.74, 6) is -1.28. The zero-order chi connectivity index (χ0) is 15.4. The number of nitrogens with one attached hydrogen (secondary N) is 1. The van der Waals surface area contributed by atoms with Gasteiger partial charge in [0.25, 0.3) is 0 Å². The first-order valence-electron chi connectivity index (χ1n) is 6.01. The van der Waals surface area contributed by atoms with Crippen molar-refractivity contribution in [3.8, 4) is 0 Å². The summed E-state index contributed by atoms with van der Waals surface area (Å²) in [7, 11) is 0. The third-order valence-electron chi connectivity index (χ3n) is 2.61. The van der Waals surface area contributed by atoms with Gasteiger partial charge in [0.15, 0.2) is 0 Å². The van der Waals surface area contributed by atoms with Gasteiger partial charge in [-0.25, -0.2) is 4.79 Å². The van der Waals surface area contributed by atoms with Gasteiger partial charge in [0.05, 0.1) is 10.9 Å². The Morgan fingerprint density at radius 1 is 1.29 bits per heavy atom. The van der Waals surface area contributed by atoms with Crippen LogP contribution in [0.15, 0.2) is 40.6 Å². The number of benzene rings is 1. The lowest BCUT2D eigenvalue weighted by Gasteiger charge is -2.11. The van der Waals surface area contributed by atoms with E-state index in [9.17, 15) is 9.59 Å². The van der Waals surface area contributed by atoms with Crippen LogP contribution in [0.3, 0.4) is 0 Å². The summed E-state index contributed by atoms with van der Waals surface area (Å²) >= 11 is 8.27. The van der Waals surface area contributed by atoms with Crippen molar-refractivity contribution in [1.82, 2.24) is 0 Å². The van der Waals surface area contributed by atoms with Gasteiger partial charge in [-0.1, -0.05) is 11.6 Å². The first-order valence-corrected chi connectivity index (χ1v) is 8.15. The molecule has 2 N–H and O–H groups in total. The Hall–Kier alpha value is -1.50. The molecule has 0 aliphatic carbocycles. The van der Waals surface area contributed by atoms with E-state index in [1.807, 2.05) is 12.1 Å². The standard InChI is InChI=1S/C14H12ClNO3S2/c1-8(21-10-4-2-9(15)3-5-10)13(17)16-11-6-7-20-12(11)14(18)19/h2-8H,1H3,(H,16,17)(H,18,19). The highest BCUT2D eigenvalue weighted by molar-refractivity contribution is 8.00. The number of carbonyl (C=O) groups is 2. The minimum absolute atomic E-state index is 0.132. The van der Waals surface area contributed by atoms with Gasteiger partial charge < -0.3 is 10.4 Å². The molecule has 1 unspecified atom stereocenters. The first kappa shape index (κ1) is 15.9. The molecule has 1 atom stereocenters. The van der Waals surface area contributed by atoms with Crippen LogP contribution >= 0.6 is 34.7 Å². The Morgan fingerprint density at radius 2 is 1.95 bits per heavy atom. The van der Waals surface area contributed by atoms with E-state index in [4.69, 9.17) is 16.7 Å². The van der Waals surface area contributed by atoms with Crippen molar-refractivity contribution in [2.24, 2.45) is 0 Å². The van der Waals surface area contributed by atoms with Crippen LogP contribution in [0.4, 0.5) is 5.69 Å². The van der Waals surface area contributed by atoms with Crippen LogP contribution in [-0.2, 0) is 4.79 Å². The number of anilines is 1. The Bertz CT molecular complexity index is 654. The van der Waals surface area contributed by atoms with Crippen molar-refractivity contribution in [1.29, 1.82) is 0 Å². The Morgan fingerprint density at radius 3 is 2.57 bits per heavy atom. The number of amides is 1. The fourth-order valence-corrected chi connectivity index (χ4v) is 3.26. The first-order chi connectivity index (χ1) is 9.97. The van der Waals surface area contributed by atoms with Gasteiger partial charge in [0, 0.05) is 9.92 Å². The summed E-state index contributed by atoms with van der Waals surface area (Å²) in [5.41, 5.74) is 0.334. The largest absolute Gasteiger partial charge is 0.477 e. The van der Waals surface area contributed by atoms with E-state index >= 15 is 0 Å². The zero-order valence-corrected chi connectivity index (χ0v) is 13.4. The smallest absolute Gasteiger partial charge is 0.348 e. The predicted octanol–water partition coefficient (Wildman–Crippen LogP) is 4.22. The highest BCUT2D eigenvalue weighted by atomic mass is 35.5. The maximum atomic E-state index is 12.1. The number of aromatic carboxylic acids is 1. The molecule has 21 heavy (non-hydrogen) atoms. The predicted molar refractivity (Wildman–Crippen MR) is 86.7 cm³/mol. The van der Waals surface area contributed by atoms with Gasteiger partial charge in [-0.05, 0) is 42.6 Å². The van der Waals surface area contributed by atoms with E-state index in [0.717, 1.165) is 16.2 Å². The number of carboxylic acids is 1. The van der Waals surface area contributed by atoms with Crippen LogP contribution < -0.4 is 5.32 Å². The molecule has 0 saturated carbocycles. The monoisotopic (exact) mass is 341 g/mol. The van der Waals surface area contributed by atoms with Crippen LogP contribution in [0, 0.1) is 0 Å². The van der Waals surface area contributed by atoms with Crippen LogP contribution in [0.5, 0.6) is 0 Å². The van der Waals surface area contributed by atoms with Gasteiger partial charge in [-0.3, -0.25) is 4.79 Å². The quantitative estimate of drug-likeness (QED) is 0.799. The minimum Gasteiger partial charge on any atom is -0.477 e. The fraction of sp³-hybridized carbons (Fsp3) is 0.143. The molecule has 1 amide bonds. The topological polar surface area (TPSA) is 66.4 Å². The number of rotatable bonds is 5. The Balaban J connectivity index is 2.01. The molecule has 0 radical (unpaired) electrons. The van der Waals surface area contributed by atoms with E-state index in [0.29, 0.717) is 10.7 Å². The van der Waals surface area contributed by atoms with Crippen molar-refractivity contribution in [3.05, 3.63) is 45.6 Å². The summed E-state index contributed by atoms with van der Waals surface area (Å²) in [4.78, 5) is 24.2. The van der Waals surface area contributed by atoms with Gasteiger partial charge in [-0.15, -0.1) is 23.1 Å². The molecular formula is C14H12ClNO3S2. The second-order valence-electron chi connectivity index (χ2n) is 4.17. The van der Waals surface area contributed by atoms with Crippen molar-refractivity contribution >= 4 is 52.3 Å². The van der Waals surface area contributed by atoms with E-state index in [-0.39, 0.29) is 16.0 Å². The molecule has 2 aromatic rings. The molecule has 0 aliphatic heterocycles. The third-order valence-corrected chi connectivity index (χ3v) is 4.88. The molecular weight excluding hydrogens is 330 g/mol. The van der Waals surface area contributed by atoms with E-state index in [2.05, 4.69) is 5.32 Å².